The molecule has 1 aliphatic rings. The molecule has 0 amide bonds. The van der Waals surface area contributed by atoms with Crippen LogP contribution in [0.2, 0.25) is 0 Å². The number of sulfonamides is 1. The molecule has 2 N–H and O–H groups in total. The molecule has 1 aromatic rings. The largest absolute Gasteiger partial charge is 0.387 e. The minimum atomic E-state index is -3.53. The van der Waals surface area contributed by atoms with Crippen molar-refractivity contribution in [3.05, 3.63) is 18.5 Å². The van der Waals surface area contributed by atoms with Crippen molar-refractivity contribution >= 4 is 15.7 Å². The highest BCUT2D eigenvalue weighted by molar-refractivity contribution is 7.89. The lowest BCUT2D eigenvalue weighted by Gasteiger charge is -2.30. The number of nitrogens with zero attached hydrogens (tertiary/aromatic N) is 2. The summed E-state index contributed by atoms with van der Waals surface area (Å²) < 4.78 is 27.5. The zero-order valence-corrected chi connectivity index (χ0v) is 12.1. The summed E-state index contributed by atoms with van der Waals surface area (Å²) in [4.78, 5) is 6.24. The molecule has 0 bridgehead atoms. The lowest BCUT2D eigenvalue weighted by Crippen LogP contribution is -2.46. The van der Waals surface area contributed by atoms with E-state index in [0.717, 1.165) is 25.9 Å². The van der Waals surface area contributed by atoms with Gasteiger partial charge in [-0.1, -0.05) is 0 Å². The zero-order valence-electron chi connectivity index (χ0n) is 11.3. The second-order valence-corrected chi connectivity index (χ2v) is 6.53. The molecule has 0 saturated carbocycles. The third-order valence-electron chi connectivity index (χ3n) is 3.29. The van der Waals surface area contributed by atoms with E-state index in [2.05, 4.69) is 19.9 Å². The summed E-state index contributed by atoms with van der Waals surface area (Å²) in [5.41, 5.74) is 0.562. The summed E-state index contributed by atoms with van der Waals surface area (Å²) in [5, 5.41) is 2.88. The summed E-state index contributed by atoms with van der Waals surface area (Å²) in [6.07, 6.45) is 4.83. The fourth-order valence-electron chi connectivity index (χ4n) is 2.35. The topological polar surface area (TPSA) is 74.3 Å². The Morgan fingerprint density at radius 3 is 2.95 bits per heavy atom. The Morgan fingerprint density at radius 2 is 2.26 bits per heavy atom. The number of aromatic nitrogens is 1. The normalized spacial score (nSPS) is 21.3. The second-order valence-electron chi connectivity index (χ2n) is 4.84. The number of likely N-dealkylation sites (tertiary alicyclic amines) is 1. The third kappa shape index (κ3) is 3.43. The van der Waals surface area contributed by atoms with Crippen LogP contribution in [0.4, 0.5) is 5.69 Å². The molecule has 1 unspecified atom stereocenters. The van der Waals surface area contributed by atoms with Gasteiger partial charge in [-0.3, -0.25) is 4.98 Å². The van der Waals surface area contributed by atoms with Gasteiger partial charge in [0.1, 0.15) is 4.90 Å². The van der Waals surface area contributed by atoms with Gasteiger partial charge in [-0.2, -0.15) is 0 Å². The van der Waals surface area contributed by atoms with E-state index in [1.165, 1.54) is 6.20 Å². The number of hydrogen-bond donors (Lipinski definition) is 2. The van der Waals surface area contributed by atoms with Gasteiger partial charge in [0.15, 0.2) is 0 Å². The Bertz CT molecular complexity index is 532. The summed E-state index contributed by atoms with van der Waals surface area (Å²) in [7, 11) is 0.173. The molecule has 6 nitrogen and oxygen atoms in total. The van der Waals surface area contributed by atoms with Crippen LogP contribution in [0.5, 0.6) is 0 Å². The molecule has 1 fully saturated rings. The Hall–Kier alpha value is -1.18. The van der Waals surface area contributed by atoms with E-state index in [9.17, 15) is 8.42 Å². The van der Waals surface area contributed by atoms with Crippen molar-refractivity contribution in [3.8, 4) is 0 Å². The first kappa shape index (κ1) is 14.2. The molecular formula is C12H20N4O2S. The number of nitrogens with one attached hydrogen (secondary N) is 2. The first-order chi connectivity index (χ1) is 9.03. The van der Waals surface area contributed by atoms with E-state index in [-0.39, 0.29) is 10.9 Å². The molecule has 1 atom stereocenters. The van der Waals surface area contributed by atoms with Gasteiger partial charge in [0.05, 0.1) is 5.69 Å². The number of pyridine rings is 1. The molecular weight excluding hydrogens is 264 g/mol. The average Bonchev–Trinajstić information content (AvgIpc) is 2.38. The third-order valence-corrected chi connectivity index (χ3v) is 4.84. The number of hydrogen-bond acceptors (Lipinski definition) is 5. The van der Waals surface area contributed by atoms with Crippen LogP contribution in [0, 0.1) is 0 Å². The van der Waals surface area contributed by atoms with Crippen LogP contribution >= 0.6 is 0 Å². The summed E-state index contributed by atoms with van der Waals surface area (Å²) in [6, 6.07) is 1.62. The minimum Gasteiger partial charge on any atom is -0.387 e. The van der Waals surface area contributed by atoms with Crippen LogP contribution in [-0.4, -0.2) is 51.5 Å². The number of likely N-dealkylation sites (N-methyl/N-ethyl adjacent to an activating group) is 1. The van der Waals surface area contributed by atoms with Gasteiger partial charge in [0, 0.05) is 32.0 Å². The fraction of sp³-hybridized carbons (Fsp3) is 0.583. The van der Waals surface area contributed by atoms with Crippen LogP contribution in [0.25, 0.3) is 0 Å². The fourth-order valence-corrected chi connectivity index (χ4v) is 3.76. The molecule has 1 aliphatic heterocycles. The maximum absolute atomic E-state index is 12.4. The van der Waals surface area contributed by atoms with E-state index < -0.39 is 10.0 Å². The highest BCUT2D eigenvalue weighted by Gasteiger charge is 2.25. The first-order valence-electron chi connectivity index (χ1n) is 6.35. The van der Waals surface area contributed by atoms with Gasteiger partial charge in [0.2, 0.25) is 10.0 Å². The molecule has 2 heterocycles. The lowest BCUT2D eigenvalue weighted by molar-refractivity contribution is 0.242. The van der Waals surface area contributed by atoms with Gasteiger partial charge >= 0.3 is 0 Å². The Balaban J connectivity index is 2.18. The maximum atomic E-state index is 12.4. The lowest BCUT2D eigenvalue weighted by atomic mass is 10.1. The predicted molar refractivity (Wildman–Crippen MR) is 74.6 cm³/mol. The number of rotatable bonds is 4. The van der Waals surface area contributed by atoms with E-state index in [1.54, 1.807) is 19.3 Å². The monoisotopic (exact) mass is 284 g/mol. The second kappa shape index (κ2) is 5.85. The Kier molecular flexibility index (Phi) is 4.38. The molecule has 0 aliphatic carbocycles. The van der Waals surface area contributed by atoms with Gasteiger partial charge in [-0.15, -0.1) is 0 Å². The van der Waals surface area contributed by atoms with Crippen molar-refractivity contribution in [3.63, 3.8) is 0 Å². The molecule has 7 heteroatoms. The van der Waals surface area contributed by atoms with Crippen molar-refractivity contribution in [1.29, 1.82) is 0 Å². The molecule has 19 heavy (non-hydrogen) atoms. The smallest absolute Gasteiger partial charge is 0.244 e. The first-order valence-corrected chi connectivity index (χ1v) is 7.84. The zero-order chi connectivity index (χ0) is 13.9. The molecule has 0 spiro atoms. The Morgan fingerprint density at radius 1 is 1.47 bits per heavy atom. The van der Waals surface area contributed by atoms with Gasteiger partial charge in [-0.05, 0) is 32.5 Å². The number of piperidine rings is 1. The minimum absolute atomic E-state index is 0.0336. The van der Waals surface area contributed by atoms with Crippen LogP contribution in [0.15, 0.2) is 23.4 Å². The molecule has 0 radical (unpaired) electrons. The van der Waals surface area contributed by atoms with Crippen molar-refractivity contribution < 1.29 is 8.42 Å². The van der Waals surface area contributed by atoms with E-state index in [1.807, 2.05) is 7.05 Å². The van der Waals surface area contributed by atoms with Crippen LogP contribution in [0.3, 0.4) is 0 Å². The van der Waals surface area contributed by atoms with E-state index in [4.69, 9.17) is 0 Å². The van der Waals surface area contributed by atoms with Crippen LogP contribution < -0.4 is 10.0 Å². The molecule has 2 rings (SSSR count). The SMILES string of the molecule is CNc1ccncc1S(=O)(=O)NC1CCCN(C)C1. The van der Waals surface area contributed by atoms with E-state index in [0.29, 0.717) is 5.69 Å². The molecule has 106 valence electrons. The van der Waals surface area contributed by atoms with Gasteiger partial charge < -0.3 is 10.2 Å². The van der Waals surface area contributed by atoms with Gasteiger partial charge in [-0.25, -0.2) is 13.1 Å². The maximum Gasteiger partial charge on any atom is 0.244 e. The average molecular weight is 284 g/mol. The van der Waals surface area contributed by atoms with Crippen molar-refractivity contribution in [2.24, 2.45) is 0 Å². The van der Waals surface area contributed by atoms with Crippen molar-refractivity contribution in [1.82, 2.24) is 14.6 Å². The highest BCUT2D eigenvalue weighted by atomic mass is 32.2. The standard InChI is InChI=1S/C12H20N4O2S/c1-13-11-5-6-14-8-12(11)19(17,18)15-10-4-3-7-16(2)9-10/h5-6,8,10,15H,3-4,7,9H2,1-2H3,(H,13,14). The molecule has 1 saturated heterocycles. The Labute approximate surface area is 114 Å². The summed E-state index contributed by atoms with van der Waals surface area (Å²) >= 11 is 0. The highest BCUT2D eigenvalue weighted by Crippen LogP contribution is 2.20. The van der Waals surface area contributed by atoms with Crippen molar-refractivity contribution in [2.45, 2.75) is 23.8 Å². The van der Waals surface area contributed by atoms with Crippen LogP contribution in [0.1, 0.15) is 12.8 Å². The molecule has 0 aromatic carbocycles. The molecule has 1 aromatic heterocycles. The summed E-state index contributed by atoms with van der Waals surface area (Å²) in [6.45, 7) is 1.77. The van der Waals surface area contributed by atoms with E-state index >= 15 is 0 Å². The predicted octanol–water partition coefficient (Wildman–Crippen LogP) is 0.496. The van der Waals surface area contributed by atoms with Gasteiger partial charge in [0.25, 0.3) is 0 Å². The van der Waals surface area contributed by atoms with Crippen molar-refractivity contribution in [2.75, 3.05) is 32.5 Å². The summed E-state index contributed by atoms with van der Waals surface area (Å²) in [5.74, 6) is 0. The van der Waals surface area contributed by atoms with Crippen LogP contribution in [-0.2, 0) is 10.0 Å². The number of anilines is 1. The quantitative estimate of drug-likeness (QED) is 0.842.